The van der Waals surface area contributed by atoms with E-state index in [1.807, 2.05) is 6.07 Å². The number of thiophene rings is 1. The molecule has 6 heteroatoms. The zero-order valence-electron chi connectivity index (χ0n) is 10.6. The van der Waals surface area contributed by atoms with Crippen LogP contribution in [0, 0.1) is 0 Å². The Labute approximate surface area is 117 Å². The summed E-state index contributed by atoms with van der Waals surface area (Å²) in [4.78, 5) is 1.61. The molecule has 0 aliphatic heterocycles. The van der Waals surface area contributed by atoms with Crippen molar-refractivity contribution in [3.63, 3.8) is 0 Å². The third kappa shape index (κ3) is 3.79. The van der Waals surface area contributed by atoms with Crippen molar-refractivity contribution in [1.29, 1.82) is 0 Å². The molecule has 1 aromatic carbocycles. The van der Waals surface area contributed by atoms with Gasteiger partial charge < -0.3 is 5.32 Å². The monoisotopic (exact) mass is 296 g/mol. The minimum atomic E-state index is -3.35. The minimum absolute atomic E-state index is 0.277. The maximum absolute atomic E-state index is 11.6. The molecule has 0 atom stereocenters. The number of rotatable bonds is 6. The fourth-order valence-electron chi connectivity index (χ4n) is 1.65. The average molecular weight is 296 g/mol. The number of hydrogen-bond acceptors (Lipinski definition) is 4. The van der Waals surface area contributed by atoms with Gasteiger partial charge >= 0.3 is 0 Å². The molecule has 0 spiro atoms. The van der Waals surface area contributed by atoms with E-state index >= 15 is 0 Å². The fourth-order valence-corrected chi connectivity index (χ4v) is 3.09. The Balaban J connectivity index is 1.92. The Hall–Kier alpha value is -1.37. The molecule has 2 aromatic rings. The smallest absolute Gasteiger partial charge is 0.240 e. The molecule has 4 nitrogen and oxygen atoms in total. The third-order valence-corrected chi connectivity index (χ3v) is 5.08. The van der Waals surface area contributed by atoms with Crippen LogP contribution in [0.5, 0.6) is 0 Å². The summed E-state index contributed by atoms with van der Waals surface area (Å²) in [5.74, 6) is 0. The van der Waals surface area contributed by atoms with Gasteiger partial charge in [-0.1, -0.05) is 6.07 Å². The van der Waals surface area contributed by atoms with E-state index in [0.29, 0.717) is 0 Å². The van der Waals surface area contributed by atoms with E-state index in [0.717, 1.165) is 18.7 Å². The summed E-state index contributed by atoms with van der Waals surface area (Å²) in [6.07, 6.45) is 0.967. The van der Waals surface area contributed by atoms with Crippen LogP contribution >= 0.6 is 11.3 Å². The van der Waals surface area contributed by atoms with E-state index in [-0.39, 0.29) is 4.90 Å². The van der Waals surface area contributed by atoms with E-state index in [1.165, 1.54) is 11.9 Å². The van der Waals surface area contributed by atoms with Crippen LogP contribution in [0.1, 0.15) is 4.88 Å². The second-order valence-electron chi connectivity index (χ2n) is 3.99. The average Bonchev–Trinajstić information content (AvgIpc) is 2.92. The molecule has 0 aliphatic rings. The zero-order chi connectivity index (χ0) is 13.7. The lowest BCUT2D eigenvalue weighted by atomic mass is 10.3. The van der Waals surface area contributed by atoms with Crippen LogP contribution < -0.4 is 10.0 Å². The molecule has 0 fully saturated rings. The van der Waals surface area contributed by atoms with Crippen LogP contribution in [-0.2, 0) is 16.4 Å². The molecule has 0 saturated carbocycles. The standard InChI is InChI=1S/C13H16N2O2S2/c1-14-19(16,17)13-6-4-11(5-7-13)15-9-8-12-3-2-10-18-12/h2-7,10,14-15H,8-9H2,1H3. The second-order valence-corrected chi connectivity index (χ2v) is 6.91. The first-order chi connectivity index (χ1) is 9.12. The van der Waals surface area contributed by atoms with Crippen molar-refractivity contribution < 1.29 is 8.42 Å². The first kappa shape index (κ1) is 14.0. The van der Waals surface area contributed by atoms with E-state index in [1.54, 1.807) is 35.6 Å². The van der Waals surface area contributed by atoms with Gasteiger partial charge in [0, 0.05) is 17.1 Å². The molecule has 0 bridgehead atoms. The SMILES string of the molecule is CNS(=O)(=O)c1ccc(NCCc2cccs2)cc1. The molecule has 0 unspecified atom stereocenters. The predicted octanol–water partition coefficient (Wildman–Crippen LogP) is 2.31. The maximum Gasteiger partial charge on any atom is 0.240 e. The molecular formula is C13H16N2O2S2. The van der Waals surface area contributed by atoms with Crippen molar-refractivity contribution in [2.75, 3.05) is 18.9 Å². The van der Waals surface area contributed by atoms with Gasteiger partial charge in [0.05, 0.1) is 4.90 Å². The summed E-state index contributed by atoms with van der Waals surface area (Å²) in [5.41, 5.74) is 0.923. The van der Waals surface area contributed by atoms with Gasteiger partial charge in [-0.2, -0.15) is 0 Å². The van der Waals surface area contributed by atoms with Crippen LogP contribution in [-0.4, -0.2) is 22.0 Å². The Morgan fingerprint density at radius 1 is 1.16 bits per heavy atom. The molecule has 1 heterocycles. The Morgan fingerprint density at radius 3 is 2.47 bits per heavy atom. The number of nitrogens with one attached hydrogen (secondary N) is 2. The highest BCUT2D eigenvalue weighted by Gasteiger charge is 2.09. The molecule has 0 aliphatic carbocycles. The van der Waals surface area contributed by atoms with Gasteiger partial charge in [-0.25, -0.2) is 13.1 Å². The molecule has 102 valence electrons. The van der Waals surface area contributed by atoms with Crippen molar-refractivity contribution >= 4 is 27.0 Å². The summed E-state index contributed by atoms with van der Waals surface area (Å²) >= 11 is 1.74. The van der Waals surface area contributed by atoms with Gasteiger partial charge in [-0.3, -0.25) is 0 Å². The predicted molar refractivity (Wildman–Crippen MR) is 79.2 cm³/mol. The minimum Gasteiger partial charge on any atom is -0.385 e. The molecule has 19 heavy (non-hydrogen) atoms. The lowest BCUT2D eigenvalue weighted by Crippen LogP contribution is -2.18. The largest absolute Gasteiger partial charge is 0.385 e. The molecule has 0 amide bonds. The van der Waals surface area contributed by atoms with Crippen molar-refractivity contribution in [1.82, 2.24) is 4.72 Å². The normalized spacial score (nSPS) is 11.4. The summed E-state index contributed by atoms with van der Waals surface area (Å²) in [6, 6.07) is 10.9. The number of sulfonamides is 1. The molecule has 0 radical (unpaired) electrons. The van der Waals surface area contributed by atoms with Crippen LogP contribution in [0.15, 0.2) is 46.7 Å². The lowest BCUT2D eigenvalue weighted by molar-refractivity contribution is 0.588. The van der Waals surface area contributed by atoms with Gasteiger partial charge in [-0.05, 0) is 49.2 Å². The van der Waals surface area contributed by atoms with E-state index in [9.17, 15) is 8.42 Å². The van der Waals surface area contributed by atoms with Crippen LogP contribution in [0.3, 0.4) is 0 Å². The quantitative estimate of drug-likeness (QED) is 0.860. The first-order valence-electron chi connectivity index (χ1n) is 5.92. The molecule has 1 aromatic heterocycles. The van der Waals surface area contributed by atoms with Gasteiger partial charge in [0.15, 0.2) is 0 Å². The van der Waals surface area contributed by atoms with Crippen LogP contribution in [0.2, 0.25) is 0 Å². The third-order valence-electron chi connectivity index (χ3n) is 2.71. The van der Waals surface area contributed by atoms with E-state index < -0.39 is 10.0 Å². The molecule has 0 saturated heterocycles. The number of hydrogen-bond donors (Lipinski definition) is 2. The van der Waals surface area contributed by atoms with Gasteiger partial charge in [0.1, 0.15) is 0 Å². The van der Waals surface area contributed by atoms with Crippen molar-refractivity contribution in [3.05, 3.63) is 46.7 Å². The first-order valence-corrected chi connectivity index (χ1v) is 8.28. The Kier molecular flexibility index (Phi) is 4.57. The zero-order valence-corrected chi connectivity index (χ0v) is 12.2. The molecule has 2 rings (SSSR count). The van der Waals surface area contributed by atoms with Crippen molar-refractivity contribution in [2.45, 2.75) is 11.3 Å². The van der Waals surface area contributed by atoms with Gasteiger partial charge in [0.2, 0.25) is 10.0 Å². The topological polar surface area (TPSA) is 58.2 Å². The summed E-state index contributed by atoms with van der Waals surface area (Å²) in [5, 5.41) is 5.33. The van der Waals surface area contributed by atoms with E-state index in [2.05, 4.69) is 21.5 Å². The van der Waals surface area contributed by atoms with Crippen molar-refractivity contribution in [3.8, 4) is 0 Å². The fraction of sp³-hybridized carbons (Fsp3) is 0.231. The highest BCUT2D eigenvalue weighted by molar-refractivity contribution is 7.89. The Bertz CT molecular complexity index is 605. The second kappa shape index (κ2) is 6.18. The summed E-state index contributed by atoms with van der Waals surface area (Å²) in [6.45, 7) is 0.832. The lowest BCUT2D eigenvalue weighted by Gasteiger charge is -2.07. The van der Waals surface area contributed by atoms with Crippen LogP contribution in [0.4, 0.5) is 5.69 Å². The highest BCUT2D eigenvalue weighted by Crippen LogP contribution is 2.14. The highest BCUT2D eigenvalue weighted by atomic mass is 32.2. The number of benzene rings is 1. The van der Waals surface area contributed by atoms with Gasteiger partial charge in [-0.15, -0.1) is 11.3 Å². The summed E-state index contributed by atoms with van der Waals surface area (Å²) in [7, 11) is -1.94. The molecular weight excluding hydrogens is 280 g/mol. The maximum atomic E-state index is 11.6. The van der Waals surface area contributed by atoms with Crippen molar-refractivity contribution in [2.24, 2.45) is 0 Å². The Morgan fingerprint density at radius 2 is 1.89 bits per heavy atom. The number of anilines is 1. The summed E-state index contributed by atoms with van der Waals surface area (Å²) < 4.78 is 25.4. The molecule has 2 N–H and O–H groups in total. The van der Waals surface area contributed by atoms with Crippen LogP contribution in [0.25, 0.3) is 0 Å². The van der Waals surface area contributed by atoms with Gasteiger partial charge in [0.25, 0.3) is 0 Å². The van der Waals surface area contributed by atoms with E-state index in [4.69, 9.17) is 0 Å².